The van der Waals surface area contributed by atoms with Crippen LogP contribution < -0.4 is 0 Å². The fourth-order valence-electron chi connectivity index (χ4n) is 1.50. The van der Waals surface area contributed by atoms with Gasteiger partial charge in [0.15, 0.2) is 10.7 Å². The van der Waals surface area contributed by atoms with Gasteiger partial charge in [-0.05, 0) is 25.8 Å². The van der Waals surface area contributed by atoms with E-state index in [2.05, 4.69) is 5.10 Å². The van der Waals surface area contributed by atoms with Crippen LogP contribution in [-0.4, -0.2) is 20.9 Å². The van der Waals surface area contributed by atoms with Crippen LogP contribution in [0, 0.1) is 6.92 Å². The first-order chi connectivity index (χ1) is 6.06. The Bertz CT molecular complexity index is 368. The molecule has 1 heterocycles. The van der Waals surface area contributed by atoms with E-state index in [0.717, 1.165) is 5.69 Å². The van der Waals surface area contributed by atoms with Crippen molar-refractivity contribution in [1.82, 2.24) is 9.78 Å². The highest BCUT2D eigenvalue weighted by atomic mass is 35.5. The molecule has 0 amide bonds. The fourth-order valence-corrected chi connectivity index (χ4v) is 1.74. The molecule has 5 heteroatoms. The minimum Gasteiger partial charge on any atom is -0.479 e. The zero-order valence-electron chi connectivity index (χ0n) is 7.12. The van der Waals surface area contributed by atoms with Crippen molar-refractivity contribution in [2.24, 2.45) is 0 Å². The van der Waals surface area contributed by atoms with Crippen LogP contribution in [0.5, 0.6) is 0 Å². The highest BCUT2D eigenvalue weighted by molar-refractivity contribution is 6.29. The molecule has 1 aliphatic carbocycles. The summed E-state index contributed by atoms with van der Waals surface area (Å²) in [5.74, 6) is -0.824. The van der Waals surface area contributed by atoms with Gasteiger partial charge in [0.05, 0.1) is 0 Å². The molecule has 0 atom stereocenters. The van der Waals surface area contributed by atoms with Crippen molar-refractivity contribution in [2.45, 2.75) is 25.3 Å². The second kappa shape index (κ2) is 2.48. The Kier molecular flexibility index (Phi) is 1.63. The van der Waals surface area contributed by atoms with Crippen molar-refractivity contribution in [3.8, 4) is 0 Å². The molecule has 4 nitrogen and oxygen atoms in total. The van der Waals surface area contributed by atoms with E-state index < -0.39 is 11.5 Å². The molecule has 1 aliphatic rings. The van der Waals surface area contributed by atoms with E-state index in [4.69, 9.17) is 16.7 Å². The minimum absolute atomic E-state index is 0.352. The predicted octanol–water partition coefficient (Wildman–Crippen LogP) is 1.42. The summed E-state index contributed by atoms with van der Waals surface area (Å²) >= 11 is 5.68. The van der Waals surface area contributed by atoms with Gasteiger partial charge in [0, 0.05) is 5.69 Å². The molecule has 13 heavy (non-hydrogen) atoms. The maximum absolute atomic E-state index is 10.9. The summed E-state index contributed by atoms with van der Waals surface area (Å²) in [4.78, 5) is 10.9. The maximum Gasteiger partial charge on any atom is 0.331 e. The first kappa shape index (κ1) is 8.56. The molecular formula is C8H9ClN2O2. The van der Waals surface area contributed by atoms with Crippen molar-refractivity contribution < 1.29 is 9.90 Å². The van der Waals surface area contributed by atoms with E-state index in [1.165, 1.54) is 4.68 Å². The molecule has 1 N–H and O–H groups in total. The Morgan fingerprint density at radius 2 is 2.38 bits per heavy atom. The standard InChI is InChI=1S/C8H9ClN2O2/c1-5-4-6(9)10-11(5)8(2-3-8)7(12)13/h4H,2-3H2,1H3,(H,12,13). The largest absolute Gasteiger partial charge is 0.479 e. The number of carboxylic acids is 1. The van der Waals surface area contributed by atoms with Gasteiger partial charge in [0.2, 0.25) is 0 Å². The van der Waals surface area contributed by atoms with Crippen molar-refractivity contribution >= 4 is 17.6 Å². The molecule has 1 aromatic rings. The van der Waals surface area contributed by atoms with Gasteiger partial charge < -0.3 is 5.11 Å². The Balaban J connectivity index is 2.46. The van der Waals surface area contributed by atoms with Crippen LogP contribution in [0.1, 0.15) is 18.5 Å². The Labute approximate surface area is 80.1 Å². The predicted molar refractivity (Wildman–Crippen MR) is 46.8 cm³/mol. The smallest absolute Gasteiger partial charge is 0.331 e. The average Bonchev–Trinajstić information content (AvgIpc) is 2.75. The molecule has 0 saturated heterocycles. The van der Waals surface area contributed by atoms with Crippen molar-refractivity contribution in [3.63, 3.8) is 0 Å². The fraction of sp³-hybridized carbons (Fsp3) is 0.500. The molecule has 0 spiro atoms. The van der Waals surface area contributed by atoms with Crippen molar-refractivity contribution in [3.05, 3.63) is 16.9 Å². The van der Waals surface area contributed by atoms with Gasteiger partial charge in [-0.1, -0.05) is 11.6 Å². The third kappa shape index (κ3) is 1.13. The summed E-state index contributed by atoms with van der Waals surface area (Å²) in [7, 11) is 0. The highest BCUT2D eigenvalue weighted by Gasteiger charge is 2.53. The monoisotopic (exact) mass is 200 g/mol. The molecule has 0 unspecified atom stereocenters. The lowest BCUT2D eigenvalue weighted by molar-refractivity contribution is -0.142. The number of carboxylic acid groups (broad SMARTS) is 1. The molecule has 0 bridgehead atoms. The van der Waals surface area contributed by atoms with Crippen LogP contribution in [0.15, 0.2) is 6.07 Å². The third-order valence-corrected chi connectivity index (χ3v) is 2.57. The maximum atomic E-state index is 10.9. The SMILES string of the molecule is Cc1cc(Cl)nn1C1(C(=O)O)CC1. The van der Waals surface area contributed by atoms with E-state index in [0.29, 0.717) is 18.0 Å². The molecule has 0 radical (unpaired) electrons. The lowest BCUT2D eigenvalue weighted by atomic mass is 10.3. The van der Waals surface area contributed by atoms with Crippen LogP contribution >= 0.6 is 11.6 Å². The molecule has 1 aromatic heterocycles. The molecule has 0 aliphatic heterocycles. The Hall–Kier alpha value is -1.03. The van der Waals surface area contributed by atoms with Gasteiger partial charge in [0.25, 0.3) is 0 Å². The molecule has 2 rings (SSSR count). The zero-order valence-corrected chi connectivity index (χ0v) is 7.88. The van der Waals surface area contributed by atoms with E-state index in [-0.39, 0.29) is 0 Å². The summed E-state index contributed by atoms with van der Waals surface area (Å²) < 4.78 is 1.51. The summed E-state index contributed by atoms with van der Waals surface area (Å²) in [6.45, 7) is 1.81. The second-order valence-corrected chi connectivity index (χ2v) is 3.74. The van der Waals surface area contributed by atoms with E-state index in [9.17, 15) is 4.79 Å². The van der Waals surface area contributed by atoms with E-state index >= 15 is 0 Å². The number of rotatable bonds is 2. The number of carbonyl (C=O) groups is 1. The number of aromatic nitrogens is 2. The first-order valence-corrected chi connectivity index (χ1v) is 4.40. The van der Waals surface area contributed by atoms with Crippen LogP contribution in [0.3, 0.4) is 0 Å². The van der Waals surface area contributed by atoms with Crippen molar-refractivity contribution in [1.29, 1.82) is 0 Å². The van der Waals surface area contributed by atoms with Gasteiger partial charge in [-0.15, -0.1) is 0 Å². The first-order valence-electron chi connectivity index (χ1n) is 4.02. The van der Waals surface area contributed by atoms with Crippen LogP contribution in [-0.2, 0) is 10.3 Å². The molecule has 1 saturated carbocycles. The lowest BCUT2D eigenvalue weighted by Crippen LogP contribution is -2.29. The van der Waals surface area contributed by atoms with Crippen LogP contribution in [0.25, 0.3) is 0 Å². The Morgan fingerprint density at radius 1 is 1.77 bits per heavy atom. The van der Waals surface area contributed by atoms with Gasteiger partial charge in [0.1, 0.15) is 0 Å². The Morgan fingerprint density at radius 3 is 2.69 bits per heavy atom. The molecule has 1 fully saturated rings. The quantitative estimate of drug-likeness (QED) is 0.786. The number of nitrogens with zero attached hydrogens (tertiary/aromatic N) is 2. The second-order valence-electron chi connectivity index (χ2n) is 3.36. The summed E-state index contributed by atoms with van der Waals surface area (Å²) in [6, 6.07) is 1.67. The third-order valence-electron chi connectivity index (χ3n) is 2.38. The zero-order chi connectivity index (χ0) is 9.64. The van der Waals surface area contributed by atoms with Gasteiger partial charge in [-0.25, -0.2) is 4.79 Å². The van der Waals surface area contributed by atoms with Gasteiger partial charge in [-0.3, -0.25) is 4.68 Å². The molecule has 0 aromatic carbocycles. The topological polar surface area (TPSA) is 55.1 Å². The van der Waals surface area contributed by atoms with Crippen molar-refractivity contribution in [2.75, 3.05) is 0 Å². The number of halogens is 1. The molecular weight excluding hydrogens is 192 g/mol. The summed E-state index contributed by atoms with van der Waals surface area (Å²) in [6.07, 6.45) is 1.28. The van der Waals surface area contributed by atoms with Gasteiger partial charge in [-0.2, -0.15) is 5.10 Å². The number of aliphatic carboxylic acids is 1. The average molecular weight is 201 g/mol. The van der Waals surface area contributed by atoms with E-state index in [1.807, 2.05) is 6.92 Å². The van der Waals surface area contributed by atoms with Crippen LogP contribution in [0.4, 0.5) is 0 Å². The normalized spacial score (nSPS) is 18.6. The lowest BCUT2D eigenvalue weighted by Gasteiger charge is -2.11. The molecule has 70 valence electrons. The number of hydrogen-bond acceptors (Lipinski definition) is 2. The van der Waals surface area contributed by atoms with Crippen LogP contribution in [0.2, 0.25) is 5.15 Å². The highest BCUT2D eigenvalue weighted by Crippen LogP contribution is 2.44. The summed E-state index contributed by atoms with van der Waals surface area (Å²) in [5.41, 5.74) is -0.0121. The number of hydrogen-bond donors (Lipinski definition) is 1. The minimum atomic E-state index is -0.824. The van der Waals surface area contributed by atoms with Gasteiger partial charge >= 0.3 is 5.97 Å². The summed E-state index contributed by atoms with van der Waals surface area (Å²) in [5, 5.41) is 13.3. The van der Waals surface area contributed by atoms with E-state index in [1.54, 1.807) is 6.07 Å². The number of aryl methyl sites for hydroxylation is 1.